The number of unbranched alkanes of at least 4 members (excludes halogenated alkanes) is 26. The van der Waals surface area contributed by atoms with Crippen LogP contribution in [0.15, 0.2) is 122 Å². The predicted molar refractivity (Wildman–Crippen MR) is 334 cm³/mol. The van der Waals surface area contributed by atoms with Crippen molar-refractivity contribution < 1.29 is 28.6 Å². The molecule has 1 unspecified atom stereocenters. The largest absolute Gasteiger partial charge is 0.462 e. The van der Waals surface area contributed by atoms with E-state index in [1.54, 1.807) is 0 Å². The highest BCUT2D eigenvalue weighted by Gasteiger charge is 2.19. The first-order chi connectivity index (χ1) is 38.0. The van der Waals surface area contributed by atoms with Gasteiger partial charge in [0.1, 0.15) is 13.2 Å². The quantitative estimate of drug-likeness (QED) is 0.0261. The second-order valence-electron chi connectivity index (χ2n) is 20.9. The first-order valence-electron chi connectivity index (χ1n) is 32.0. The van der Waals surface area contributed by atoms with Gasteiger partial charge in [0.2, 0.25) is 0 Å². The van der Waals surface area contributed by atoms with Crippen LogP contribution in [0.25, 0.3) is 0 Å². The molecule has 0 fully saturated rings. The standard InChI is InChI=1S/C71H118O6/c1-4-7-10-13-16-19-22-24-26-28-29-30-31-32-33-34-35-36-37-38-39-40-41-43-44-46-49-52-55-58-61-64-70(73)76-67-68(66-75-69(72)63-60-57-54-51-48-21-18-15-12-9-6-3)77-71(74)65-62-59-56-53-50-47-45-42-27-25-23-20-17-14-11-8-5-2/h7,10,15-20,24-27,29-30,32-33,35-36,38-39,68H,4-6,8-9,11-14,21-23,28,31,34,37,40-67H2,1-3H3/b10-7-,18-15-,19-16-,20-17-,26-24-,27-25-,30-29-,33-32-,36-35-,39-38-. The lowest BCUT2D eigenvalue weighted by atomic mass is 10.1. The molecule has 0 saturated heterocycles. The predicted octanol–water partition coefficient (Wildman–Crippen LogP) is 22.0. The monoisotopic (exact) mass is 1070 g/mol. The van der Waals surface area contributed by atoms with Gasteiger partial charge in [-0.05, 0) is 128 Å². The summed E-state index contributed by atoms with van der Waals surface area (Å²) < 4.78 is 16.9. The first-order valence-corrected chi connectivity index (χ1v) is 32.0. The Balaban J connectivity index is 4.26. The Morgan fingerprint density at radius 3 is 0.844 bits per heavy atom. The van der Waals surface area contributed by atoms with Crippen LogP contribution in [-0.4, -0.2) is 37.2 Å². The molecule has 0 aliphatic heterocycles. The molecule has 0 aliphatic carbocycles. The van der Waals surface area contributed by atoms with Gasteiger partial charge in [0.05, 0.1) is 0 Å². The number of hydrogen-bond donors (Lipinski definition) is 0. The highest BCUT2D eigenvalue weighted by atomic mass is 16.6. The van der Waals surface area contributed by atoms with E-state index in [9.17, 15) is 14.4 Å². The minimum Gasteiger partial charge on any atom is -0.462 e. The molecule has 438 valence electrons. The van der Waals surface area contributed by atoms with Crippen molar-refractivity contribution in [2.75, 3.05) is 13.2 Å². The van der Waals surface area contributed by atoms with E-state index in [-0.39, 0.29) is 31.1 Å². The number of hydrogen-bond acceptors (Lipinski definition) is 6. The van der Waals surface area contributed by atoms with Gasteiger partial charge in [-0.3, -0.25) is 14.4 Å². The molecule has 0 rings (SSSR count). The van der Waals surface area contributed by atoms with Crippen molar-refractivity contribution >= 4 is 17.9 Å². The molecular weight excluding hydrogens is 949 g/mol. The summed E-state index contributed by atoms with van der Waals surface area (Å²) >= 11 is 0. The zero-order chi connectivity index (χ0) is 55.7. The fraction of sp³-hybridized carbons (Fsp3) is 0.676. The molecule has 0 heterocycles. The van der Waals surface area contributed by atoms with Crippen LogP contribution in [0.1, 0.15) is 290 Å². The van der Waals surface area contributed by atoms with Crippen molar-refractivity contribution in [3.63, 3.8) is 0 Å². The van der Waals surface area contributed by atoms with E-state index >= 15 is 0 Å². The highest BCUT2D eigenvalue weighted by Crippen LogP contribution is 2.15. The zero-order valence-electron chi connectivity index (χ0n) is 50.2. The Morgan fingerprint density at radius 1 is 0.273 bits per heavy atom. The molecule has 0 spiro atoms. The van der Waals surface area contributed by atoms with Gasteiger partial charge < -0.3 is 14.2 Å². The van der Waals surface area contributed by atoms with E-state index in [0.717, 1.165) is 128 Å². The van der Waals surface area contributed by atoms with Gasteiger partial charge in [0.15, 0.2) is 6.10 Å². The van der Waals surface area contributed by atoms with Crippen molar-refractivity contribution in [2.45, 2.75) is 297 Å². The van der Waals surface area contributed by atoms with Crippen LogP contribution in [0.2, 0.25) is 0 Å². The molecule has 0 aromatic rings. The summed E-state index contributed by atoms with van der Waals surface area (Å²) in [7, 11) is 0. The van der Waals surface area contributed by atoms with Crippen molar-refractivity contribution in [1.82, 2.24) is 0 Å². The van der Waals surface area contributed by atoms with Gasteiger partial charge >= 0.3 is 17.9 Å². The first kappa shape index (κ1) is 72.8. The normalized spacial score (nSPS) is 12.9. The maximum atomic E-state index is 12.9. The Kier molecular flexibility index (Phi) is 60.8. The lowest BCUT2D eigenvalue weighted by molar-refractivity contribution is -0.167. The molecule has 0 aromatic heterocycles. The van der Waals surface area contributed by atoms with E-state index < -0.39 is 6.10 Å². The van der Waals surface area contributed by atoms with E-state index in [0.29, 0.717) is 19.3 Å². The summed E-state index contributed by atoms with van der Waals surface area (Å²) in [5.74, 6) is -0.908. The van der Waals surface area contributed by atoms with Crippen molar-refractivity contribution in [2.24, 2.45) is 0 Å². The number of carbonyl (C=O) groups is 3. The van der Waals surface area contributed by atoms with E-state index in [2.05, 4.69) is 142 Å². The van der Waals surface area contributed by atoms with Gasteiger partial charge in [-0.15, -0.1) is 0 Å². The van der Waals surface area contributed by atoms with Crippen molar-refractivity contribution in [3.8, 4) is 0 Å². The summed E-state index contributed by atoms with van der Waals surface area (Å²) in [6.45, 7) is 6.45. The summed E-state index contributed by atoms with van der Waals surface area (Å²) in [5.41, 5.74) is 0. The number of allylic oxidation sites excluding steroid dienone is 20. The summed E-state index contributed by atoms with van der Waals surface area (Å²) in [6.07, 6.45) is 89.2. The third-order valence-corrected chi connectivity index (χ3v) is 13.4. The minimum absolute atomic E-state index is 0.0883. The van der Waals surface area contributed by atoms with Gasteiger partial charge in [0.25, 0.3) is 0 Å². The summed E-state index contributed by atoms with van der Waals surface area (Å²) in [4.78, 5) is 38.2. The average molecular weight is 1070 g/mol. The number of ether oxygens (including phenoxy) is 3. The second kappa shape index (κ2) is 64.3. The lowest BCUT2D eigenvalue weighted by Crippen LogP contribution is -2.30. The Bertz CT molecular complexity index is 1600. The minimum atomic E-state index is -0.791. The van der Waals surface area contributed by atoms with E-state index in [1.807, 2.05) is 0 Å². The molecule has 6 heteroatoms. The highest BCUT2D eigenvalue weighted by molar-refractivity contribution is 5.71. The fourth-order valence-electron chi connectivity index (χ4n) is 8.61. The van der Waals surface area contributed by atoms with Crippen LogP contribution in [0.3, 0.4) is 0 Å². The number of carbonyl (C=O) groups excluding carboxylic acids is 3. The SMILES string of the molecule is CC/C=C\C/C=C\C/C=C\C/C=C\C/C=C\C/C=C\C/C=C\CCCCCCCCCCCC(=O)OCC(COC(=O)CCCCCCC/C=C\CCCC)OC(=O)CCCCCCCCC/C=C\C/C=C\CCCCC. The molecule has 77 heavy (non-hydrogen) atoms. The van der Waals surface area contributed by atoms with Crippen LogP contribution < -0.4 is 0 Å². The molecule has 6 nitrogen and oxygen atoms in total. The third-order valence-electron chi connectivity index (χ3n) is 13.4. The maximum absolute atomic E-state index is 12.9. The molecule has 0 aromatic carbocycles. The molecule has 0 radical (unpaired) electrons. The van der Waals surface area contributed by atoms with Crippen LogP contribution in [0, 0.1) is 0 Å². The van der Waals surface area contributed by atoms with Gasteiger partial charge in [0, 0.05) is 19.3 Å². The fourth-order valence-corrected chi connectivity index (χ4v) is 8.61. The lowest BCUT2D eigenvalue weighted by Gasteiger charge is -2.18. The molecule has 0 saturated carbocycles. The second-order valence-corrected chi connectivity index (χ2v) is 20.9. The van der Waals surface area contributed by atoms with Crippen molar-refractivity contribution in [1.29, 1.82) is 0 Å². The molecule has 0 aliphatic rings. The van der Waals surface area contributed by atoms with Crippen LogP contribution in [0.4, 0.5) is 0 Å². The molecule has 0 bridgehead atoms. The Hall–Kier alpha value is -4.19. The van der Waals surface area contributed by atoms with Crippen LogP contribution >= 0.6 is 0 Å². The van der Waals surface area contributed by atoms with Gasteiger partial charge in [-0.1, -0.05) is 264 Å². The summed E-state index contributed by atoms with van der Waals surface area (Å²) in [5, 5.41) is 0. The molecular formula is C71H118O6. The van der Waals surface area contributed by atoms with Crippen LogP contribution in [0.5, 0.6) is 0 Å². The topological polar surface area (TPSA) is 78.9 Å². The molecule has 0 N–H and O–H groups in total. The van der Waals surface area contributed by atoms with E-state index in [1.165, 1.54) is 122 Å². The average Bonchev–Trinajstić information content (AvgIpc) is 3.43. The van der Waals surface area contributed by atoms with Gasteiger partial charge in [-0.25, -0.2) is 0 Å². The summed E-state index contributed by atoms with van der Waals surface area (Å²) in [6, 6.07) is 0. The Morgan fingerprint density at radius 2 is 0.519 bits per heavy atom. The van der Waals surface area contributed by atoms with E-state index in [4.69, 9.17) is 14.2 Å². The Labute approximate surface area is 475 Å². The zero-order valence-corrected chi connectivity index (χ0v) is 50.2. The van der Waals surface area contributed by atoms with Gasteiger partial charge in [-0.2, -0.15) is 0 Å². The maximum Gasteiger partial charge on any atom is 0.306 e. The number of esters is 3. The number of rotatable bonds is 57. The smallest absolute Gasteiger partial charge is 0.306 e. The van der Waals surface area contributed by atoms with Crippen molar-refractivity contribution in [3.05, 3.63) is 122 Å². The van der Waals surface area contributed by atoms with Crippen LogP contribution in [-0.2, 0) is 28.6 Å². The third kappa shape index (κ3) is 62.5. The molecule has 1 atom stereocenters. The molecule has 0 amide bonds.